The lowest BCUT2D eigenvalue weighted by molar-refractivity contribution is 0.202. The van der Waals surface area contributed by atoms with Crippen LogP contribution in [0.25, 0.3) is 0 Å². The maximum Gasteiger partial charge on any atom is 0.149 e. The van der Waals surface area contributed by atoms with Gasteiger partial charge in [0.1, 0.15) is 17.3 Å². The third-order valence-electron chi connectivity index (χ3n) is 3.85. The van der Waals surface area contributed by atoms with Crippen LogP contribution in [0.15, 0.2) is 12.1 Å². The molecule has 1 aromatic carbocycles. The van der Waals surface area contributed by atoms with Gasteiger partial charge in [-0.1, -0.05) is 15.9 Å². The first-order valence-electron chi connectivity index (χ1n) is 6.88. The van der Waals surface area contributed by atoms with Crippen molar-refractivity contribution in [2.24, 2.45) is 5.92 Å². The first-order valence-corrected chi connectivity index (χ1v) is 8.00. The van der Waals surface area contributed by atoms with Crippen molar-refractivity contribution in [3.05, 3.63) is 29.3 Å². The molecule has 20 heavy (non-hydrogen) atoms. The molecule has 1 atom stereocenters. The molecule has 1 saturated carbocycles. The van der Waals surface area contributed by atoms with Crippen LogP contribution in [-0.4, -0.2) is 26.3 Å². The van der Waals surface area contributed by atoms with Crippen molar-refractivity contribution in [1.82, 2.24) is 0 Å². The quantitative estimate of drug-likeness (QED) is 0.688. The van der Waals surface area contributed by atoms with Crippen LogP contribution in [-0.2, 0) is 10.1 Å². The van der Waals surface area contributed by atoms with Crippen molar-refractivity contribution in [2.75, 3.05) is 25.2 Å². The van der Waals surface area contributed by atoms with E-state index in [-0.39, 0.29) is 11.7 Å². The molecule has 0 N–H and O–H groups in total. The highest BCUT2D eigenvalue weighted by Crippen LogP contribution is 2.38. The third-order valence-corrected chi connectivity index (χ3v) is 4.50. The molecule has 1 fully saturated rings. The Balaban J connectivity index is 2.31. The molecular formula is C15H20BrF2NO. The van der Waals surface area contributed by atoms with Gasteiger partial charge in [-0.15, -0.1) is 0 Å². The van der Waals surface area contributed by atoms with Gasteiger partial charge in [-0.2, -0.15) is 0 Å². The summed E-state index contributed by atoms with van der Waals surface area (Å²) in [5.41, 5.74) is 0.681. The summed E-state index contributed by atoms with van der Waals surface area (Å²) in [6.07, 6.45) is 2.26. The van der Waals surface area contributed by atoms with Gasteiger partial charge in [-0.25, -0.2) is 8.78 Å². The van der Waals surface area contributed by atoms with Crippen LogP contribution in [0.2, 0.25) is 0 Å². The predicted molar refractivity (Wildman–Crippen MR) is 80.4 cm³/mol. The predicted octanol–water partition coefficient (Wildman–Crippen LogP) is 4.11. The second-order valence-electron chi connectivity index (χ2n) is 5.31. The Labute approximate surface area is 127 Å². The average molecular weight is 348 g/mol. The van der Waals surface area contributed by atoms with E-state index in [9.17, 15) is 8.78 Å². The normalized spacial score (nSPS) is 16.2. The van der Waals surface area contributed by atoms with E-state index in [0.29, 0.717) is 30.0 Å². The Morgan fingerprint density at radius 3 is 2.40 bits per heavy atom. The lowest BCUT2D eigenvalue weighted by atomic mass is 10.1. The molecule has 0 radical (unpaired) electrons. The van der Waals surface area contributed by atoms with Gasteiger partial charge in [0.25, 0.3) is 0 Å². The average Bonchev–Trinajstić information content (AvgIpc) is 3.25. The van der Waals surface area contributed by atoms with Crippen LogP contribution in [0.3, 0.4) is 0 Å². The first kappa shape index (κ1) is 15.7. The van der Waals surface area contributed by atoms with Gasteiger partial charge in [0.05, 0.1) is 6.61 Å². The molecule has 5 heteroatoms. The van der Waals surface area contributed by atoms with Crippen LogP contribution in [0.1, 0.15) is 25.3 Å². The molecule has 1 unspecified atom stereocenters. The summed E-state index contributed by atoms with van der Waals surface area (Å²) < 4.78 is 33.6. The molecule has 1 aliphatic rings. The second kappa shape index (κ2) is 6.85. The third kappa shape index (κ3) is 3.50. The summed E-state index contributed by atoms with van der Waals surface area (Å²) in [5, 5.41) is 0.442. The molecule has 1 aromatic rings. The highest BCUT2D eigenvalue weighted by atomic mass is 79.9. The maximum atomic E-state index is 14.3. The number of benzene rings is 1. The van der Waals surface area contributed by atoms with E-state index in [4.69, 9.17) is 4.74 Å². The largest absolute Gasteiger partial charge is 0.383 e. The molecule has 1 aliphatic carbocycles. The minimum absolute atomic E-state index is 0.0751. The topological polar surface area (TPSA) is 12.5 Å². The molecule has 112 valence electrons. The van der Waals surface area contributed by atoms with Crippen LogP contribution in [0.4, 0.5) is 14.5 Å². The SMILES string of the molecule is COCCN(c1c(F)cc(CBr)cc1F)C(C)C1CC1. The zero-order valence-electron chi connectivity index (χ0n) is 11.8. The molecule has 0 aromatic heterocycles. The molecular weight excluding hydrogens is 328 g/mol. The highest BCUT2D eigenvalue weighted by molar-refractivity contribution is 9.08. The zero-order valence-corrected chi connectivity index (χ0v) is 13.4. The fraction of sp³-hybridized carbons (Fsp3) is 0.600. The summed E-state index contributed by atoms with van der Waals surface area (Å²) in [4.78, 5) is 1.81. The summed E-state index contributed by atoms with van der Waals surface area (Å²) in [6.45, 7) is 2.98. The molecule has 0 amide bonds. The first-order chi connectivity index (χ1) is 9.58. The number of methoxy groups -OCH3 is 1. The summed E-state index contributed by atoms with van der Waals surface area (Å²) in [5.74, 6) is -0.465. The number of alkyl halides is 1. The molecule has 0 spiro atoms. The Hall–Kier alpha value is -0.680. The van der Waals surface area contributed by atoms with Crippen molar-refractivity contribution in [3.63, 3.8) is 0 Å². The molecule has 2 rings (SSSR count). The van der Waals surface area contributed by atoms with Crippen LogP contribution >= 0.6 is 15.9 Å². The number of halogens is 3. The lowest BCUT2D eigenvalue weighted by Crippen LogP contribution is -2.38. The van der Waals surface area contributed by atoms with Gasteiger partial charge in [-0.05, 0) is 43.4 Å². The fourth-order valence-corrected chi connectivity index (χ4v) is 2.84. The van der Waals surface area contributed by atoms with Crippen molar-refractivity contribution in [3.8, 4) is 0 Å². The Morgan fingerprint density at radius 2 is 1.95 bits per heavy atom. The van der Waals surface area contributed by atoms with Crippen molar-refractivity contribution in [1.29, 1.82) is 0 Å². The number of rotatable bonds is 7. The van der Waals surface area contributed by atoms with E-state index >= 15 is 0 Å². The maximum absolute atomic E-state index is 14.3. The minimum atomic E-state index is -0.497. The number of nitrogens with zero attached hydrogens (tertiary/aromatic N) is 1. The summed E-state index contributed by atoms with van der Waals surface area (Å²) >= 11 is 3.22. The molecule has 0 saturated heterocycles. The van der Waals surface area contributed by atoms with Gasteiger partial charge in [0, 0.05) is 25.0 Å². The van der Waals surface area contributed by atoms with Crippen LogP contribution < -0.4 is 4.90 Å². The minimum Gasteiger partial charge on any atom is -0.383 e. The smallest absolute Gasteiger partial charge is 0.149 e. The summed E-state index contributed by atoms with van der Waals surface area (Å²) in [6, 6.07) is 2.92. The van der Waals surface area contributed by atoms with Gasteiger partial charge < -0.3 is 9.64 Å². The van der Waals surface area contributed by atoms with E-state index in [0.717, 1.165) is 12.8 Å². The highest BCUT2D eigenvalue weighted by Gasteiger charge is 2.34. The number of ether oxygens (including phenoxy) is 1. The molecule has 2 nitrogen and oxygen atoms in total. The van der Waals surface area contributed by atoms with Crippen LogP contribution in [0, 0.1) is 17.6 Å². The van der Waals surface area contributed by atoms with Gasteiger partial charge in [-0.3, -0.25) is 0 Å². The van der Waals surface area contributed by atoms with E-state index in [1.807, 2.05) is 11.8 Å². The molecule has 0 bridgehead atoms. The van der Waals surface area contributed by atoms with Crippen molar-refractivity contribution < 1.29 is 13.5 Å². The molecule has 0 heterocycles. The number of hydrogen-bond donors (Lipinski definition) is 0. The fourth-order valence-electron chi connectivity index (χ4n) is 2.51. The lowest BCUT2D eigenvalue weighted by Gasteiger charge is -2.32. The van der Waals surface area contributed by atoms with E-state index in [1.54, 1.807) is 7.11 Å². The summed E-state index contributed by atoms with van der Waals surface area (Å²) in [7, 11) is 1.60. The van der Waals surface area contributed by atoms with E-state index in [2.05, 4.69) is 15.9 Å². The monoisotopic (exact) mass is 347 g/mol. The van der Waals surface area contributed by atoms with Crippen molar-refractivity contribution >= 4 is 21.6 Å². The van der Waals surface area contributed by atoms with Crippen LogP contribution in [0.5, 0.6) is 0 Å². The Bertz CT molecular complexity index is 442. The van der Waals surface area contributed by atoms with Gasteiger partial charge in [0.15, 0.2) is 0 Å². The van der Waals surface area contributed by atoms with Gasteiger partial charge in [0.2, 0.25) is 0 Å². The van der Waals surface area contributed by atoms with E-state index in [1.165, 1.54) is 12.1 Å². The van der Waals surface area contributed by atoms with E-state index < -0.39 is 11.6 Å². The standard InChI is InChI=1S/C15H20BrF2NO/c1-10(12-3-4-12)19(5-6-20-2)15-13(17)7-11(9-16)8-14(15)18/h7-8,10,12H,3-6,9H2,1-2H3. The Morgan fingerprint density at radius 1 is 1.35 bits per heavy atom. The number of hydrogen-bond acceptors (Lipinski definition) is 2. The van der Waals surface area contributed by atoms with Crippen molar-refractivity contribution in [2.45, 2.75) is 31.1 Å². The zero-order chi connectivity index (χ0) is 14.7. The number of anilines is 1. The molecule has 0 aliphatic heterocycles. The second-order valence-corrected chi connectivity index (χ2v) is 5.87. The van der Waals surface area contributed by atoms with Gasteiger partial charge >= 0.3 is 0 Å². The Kier molecular flexibility index (Phi) is 5.38.